The van der Waals surface area contributed by atoms with Crippen molar-refractivity contribution >= 4 is 0 Å². The largest absolute Gasteiger partial charge is 0.472 e. The molecule has 22 heavy (non-hydrogen) atoms. The fourth-order valence-electron chi connectivity index (χ4n) is 2.98. The maximum absolute atomic E-state index is 6.08. The molecule has 1 aliphatic carbocycles. The monoisotopic (exact) mass is 298 g/mol. The molecular formula is C17H22N4O. The Hall–Kier alpha value is -2.01. The standard InChI is InChI=1S/C17H22N4O/c1-21(2)15-8-3-4-9-16(15)22-17-12-19-14(11-20-17)13-7-5-6-10-18-13/h5-7,10-12,15-16H,3-4,8-9H2,1-2H3/t15-,16-/m0/s1. The van der Waals surface area contributed by atoms with Gasteiger partial charge >= 0.3 is 0 Å². The normalized spacial score (nSPS) is 21.8. The van der Waals surface area contributed by atoms with E-state index in [9.17, 15) is 0 Å². The second kappa shape index (κ2) is 6.83. The molecule has 0 aliphatic heterocycles. The van der Waals surface area contributed by atoms with Crippen LogP contribution in [0.15, 0.2) is 36.8 Å². The van der Waals surface area contributed by atoms with Crippen molar-refractivity contribution in [1.82, 2.24) is 19.9 Å². The van der Waals surface area contributed by atoms with E-state index in [-0.39, 0.29) is 6.10 Å². The van der Waals surface area contributed by atoms with Crippen molar-refractivity contribution < 1.29 is 4.74 Å². The first kappa shape index (κ1) is 14.9. The van der Waals surface area contributed by atoms with Crippen LogP contribution in [0.25, 0.3) is 11.4 Å². The van der Waals surface area contributed by atoms with Crippen LogP contribution in [-0.4, -0.2) is 46.1 Å². The smallest absolute Gasteiger partial charge is 0.232 e. The molecule has 0 amide bonds. The summed E-state index contributed by atoms with van der Waals surface area (Å²) in [6.45, 7) is 0. The Morgan fingerprint density at radius 1 is 1.00 bits per heavy atom. The lowest BCUT2D eigenvalue weighted by atomic mass is 9.92. The highest BCUT2D eigenvalue weighted by molar-refractivity contribution is 5.52. The molecule has 2 aromatic rings. The Balaban J connectivity index is 1.70. The second-order valence-corrected chi connectivity index (χ2v) is 5.93. The van der Waals surface area contributed by atoms with Gasteiger partial charge in [-0.3, -0.25) is 4.98 Å². The van der Waals surface area contributed by atoms with E-state index in [1.165, 1.54) is 19.3 Å². The van der Waals surface area contributed by atoms with E-state index in [2.05, 4.69) is 33.9 Å². The third-order valence-electron chi connectivity index (χ3n) is 4.16. The van der Waals surface area contributed by atoms with Gasteiger partial charge in [-0.2, -0.15) is 0 Å². The second-order valence-electron chi connectivity index (χ2n) is 5.93. The lowest BCUT2D eigenvalue weighted by molar-refractivity contribution is 0.0585. The van der Waals surface area contributed by atoms with E-state index in [0.29, 0.717) is 11.9 Å². The number of nitrogens with zero attached hydrogens (tertiary/aromatic N) is 4. The van der Waals surface area contributed by atoms with E-state index in [1.54, 1.807) is 18.6 Å². The fourth-order valence-corrected chi connectivity index (χ4v) is 2.98. The highest BCUT2D eigenvalue weighted by Crippen LogP contribution is 2.25. The van der Waals surface area contributed by atoms with Gasteiger partial charge in [0.2, 0.25) is 5.88 Å². The van der Waals surface area contributed by atoms with Crippen LogP contribution in [0.4, 0.5) is 0 Å². The van der Waals surface area contributed by atoms with Gasteiger partial charge in [-0.05, 0) is 45.5 Å². The topological polar surface area (TPSA) is 51.1 Å². The van der Waals surface area contributed by atoms with Crippen LogP contribution in [0.1, 0.15) is 25.7 Å². The van der Waals surface area contributed by atoms with Gasteiger partial charge in [-0.15, -0.1) is 0 Å². The first-order chi connectivity index (χ1) is 10.7. The number of ether oxygens (including phenoxy) is 1. The zero-order valence-corrected chi connectivity index (χ0v) is 13.1. The van der Waals surface area contributed by atoms with Crippen molar-refractivity contribution in [3.8, 4) is 17.3 Å². The number of aromatic nitrogens is 3. The summed E-state index contributed by atoms with van der Waals surface area (Å²) < 4.78 is 6.08. The van der Waals surface area contributed by atoms with Gasteiger partial charge in [-0.25, -0.2) is 9.97 Å². The van der Waals surface area contributed by atoms with Crippen LogP contribution >= 0.6 is 0 Å². The molecule has 1 fully saturated rings. The van der Waals surface area contributed by atoms with Gasteiger partial charge < -0.3 is 9.64 Å². The molecule has 2 heterocycles. The van der Waals surface area contributed by atoms with Gasteiger partial charge in [0.1, 0.15) is 11.8 Å². The Labute approximate surface area is 131 Å². The minimum atomic E-state index is 0.193. The van der Waals surface area contributed by atoms with Crippen LogP contribution in [0.3, 0.4) is 0 Å². The zero-order valence-electron chi connectivity index (χ0n) is 13.1. The van der Waals surface area contributed by atoms with Crippen molar-refractivity contribution in [2.75, 3.05) is 14.1 Å². The first-order valence-corrected chi connectivity index (χ1v) is 7.80. The van der Waals surface area contributed by atoms with E-state index >= 15 is 0 Å². The molecule has 0 saturated heterocycles. The zero-order chi connectivity index (χ0) is 15.4. The molecule has 5 nitrogen and oxygen atoms in total. The number of likely N-dealkylation sites (N-methyl/N-ethyl adjacent to an activating group) is 1. The van der Waals surface area contributed by atoms with Crippen LogP contribution < -0.4 is 4.74 Å². The van der Waals surface area contributed by atoms with Crippen molar-refractivity contribution in [2.45, 2.75) is 37.8 Å². The molecule has 1 saturated carbocycles. The molecule has 0 aromatic carbocycles. The minimum absolute atomic E-state index is 0.193. The lowest BCUT2D eigenvalue weighted by Crippen LogP contribution is -2.44. The molecular weight excluding hydrogens is 276 g/mol. The average Bonchev–Trinajstić information content (AvgIpc) is 2.57. The van der Waals surface area contributed by atoms with Gasteiger partial charge in [-0.1, -0.05) is 12.5 Å². The number of hydrogen-bond donors (Lipinski definition) is 0. The molecule has 116 valence electrons. The quantitative estimate of drug-likeness (QED) is 0.868. The van der Waals surface area contributed by atoms with Crippen LogP contribution in [-0.2, 0) is 0 Å². The van der Waals surface area contributed by atoms with Crippen molar-refractivity contribution in [1.29, 1.82) is 0 Å². The Morgan fingerprint density at radius 3 is 2.55 bits per heavy atom. The number of rotatable bonds is 4. The van der Waals surface area contributed by atoms with E-state index < -0.39 is 0 Å². The highest BCUT2D eigenvalue weighted by Gasteiger charge is 2.28. The van der Waals surface area contributed by atoms with Crippen molar-refractivity contribution in [3.05, 3.63) is 36.8 Å². The van der Waals surface area contributed by atoms with Crippen LogP contribution in [0.5, 0.6) is 5.88 Å². The molecule has 0 unspecified atom stereocenters. The predicted molar refractivity (Wildman–Crippen MR) is 85.6 cm³/mol. The first-order valence-electron chi connectivity index (χ1n) is 7.80. The lowest BCUT2D eigenvalue weighted by Gasteiger charge is -2.35. The van der Waals surface area contributed by atoms with E-state index in [4.69, 9.17) is 4.74 Å². The summed E-state index contributed by atoms with van der Waals surface area (Å²) in [5.41, 5.74) is 1.59. The molecule has 0 bridgehead atoms. The summed E-state index contributed by atoms with van der Waals surface area (Å²) in [4.78, 5) is 15.3. The van der Waals surface area contributed by atoms with E-state index in [1.807, 2.05) is 18.2 Å². The van der Waals surface area contributed by atoms with Crippen LogP contribution in [0, 0.1) is 0 Å². The summed E-state index contributed by atoms with van der Waals surface area (Å²) in [6.07, 6.45) is 10.1. The third-order valence-corrected chi connectivity index (χ3v) is 4.16. The maximum Gasteiger partial charge on any atom is 0.232 e. The summed E-state index contributed by atoms with van der Waals surface area (Å²) in [6, 6.07) is 6.20. The fraction of sp³-hybridized carbons (Fsp3) is 0.471. The molecule has 2 atom stereocenters. The molecule has 0 radical (unpaired) electrons. The average molecular weight is 298 g/mol. The molecule has 5 heteroatoms. The Morgan fingerprint density at radius 2 is 1.86 bits per heavy atom. The number of pyridine rings is 1. The van der Waals surface area contributed by atoms with Gasteiger partial charge in [0.15, 0.2) is 0 Å². The van der Waals surface area contributed by atoms with E-state index in [0.717, 1.165) is 17.8 Å². The third kappa shape index (κ3) is 3.42. The minimum Gasteiger partial charge on any atom is -0.472 e. The molecule has 2 aromatic heterocycles. The Kier molecular flexibility index (Phi) is 4.63. The molecule has 1 aliphatic rings. The van der Waals surface area contributed by atoms with Gasteiger partial charge in [0, 0.05) is 12.2 Å². The summed E-state index contributed by atoms with van der Waals surface area (Å²) in [5.74, 6) is 0.596. The molecule has 3 rings (SSSR count). The molecule has 0 N–H and O–H groups in total. The van der Waals surface area contributed by atoms with Crippen LogP contribution in [0.2, 0.25) is 0 Å². The molecule has 0 spiro atoms. The highest BCUT2D eigenvalue weighted by atomic mass is 16.5. The van der Waals surface area contributed by atoms with Gasteiger partial charge in [0.25, 0.3) is 0 Å². The number of hydrogen-bond acceptors (Lipinski definition) is 5. The Bertz CT molecular complexity index is 585. The summed E-state index contributed by atoms with van der Waals surface area (Å²) in [5, 5.41) is 0. The maximum atomic E-state index is 6.08. The summed E-state index contributed by atoms with van der Waals surface area (Å²) in [7, 11) is 4.23. The summed E-state index contributed by atoms with van der Waals surface area (Å²) >= 11 is 0. The van der Waals surface area contributed by atoms with Gasteiger partial charge in [0.05, 0.1) is 18.1 Å². The predicted octanol–water partition coefficient (Wildman–Crippen LogP) is 2.79. The SMILES string of the molecule is CN(C)[C@H]1CCCC[C@@H]1Oc1cnc(-c2ccccn2)cn1. The van der Waals surface area contributed by atoms with Crippen molar-refractivity contribution in [3.63, 3.8) is 0 Å². The van der Waals surface area contributed by atoms with Crippen molar-refractivity contribution in [2.24, 2.45) is 0 Å².